The molecule has 6 heteroatoms. The summed E-state index contributed by atoms with van der Waals surface area (Å²) in [5, 5.41) is 3.31. The average Bonchev–Trinajstić information content (AvgIpc) is 2.63. The predicted octanol–water partition coefficient (Wildman–Crippen LogP) is -0.163. The minimum atomic E-state index is -3.10. The number of sulfonamides is 1. The molecule has 2 fully saturated rings. The van der Waals surface area contributed by atoms with Gasteiger partial charge in [-0.15, -0.1) is 0 Å². The summed E-state index contributed by atoms with van der Waals surface area (Å²) in [5.41, 5.74) is -0.0257. The first-order valence-corrected chi connectivity index (χ1v) is 7.71. The van der Waals surface area contributed by atoms with Gasteiger partial charge in [0.2, 0.25) is 10.0 Å². The lowest BCUT2D eigenvalue weighted by Gasteiger charge is -2.38. The van der Waals surface area contributed by atoms with Crippen LogP contribution >= 0.6 is 0 Å². The van der Waals surface area contributed by atoms with Crippen LogP contribution in [0.4, 0.5) is 0 Å². The first-order valence-electron chi connectivity index (χ1n) is 5.82. The Labute approximate surface area is 97.0 Å². The van der Waals surface area contributed by atoms with Crippen LogP contribution in [0.2, 0.25) is 0 Å². The van der Waals surface area contributed by atoms with Gasteiger partial charge >= 0.3 is 0 Å². The molecule has 0 radical (unpaired) electrons. The van der Waals surface area contributed by atoms with Crippen molar-refractivity contribution >= 4 is 10.0 Å². The molecule has 0 aromatic carbocycles. The molecule has 0 aliphatic carbocycles. The highest BCUT2D eigenvalue weighted by Gasteiger charge is 2.39. The molecule has 0 saturated carbocycles. The van der Waals surface area contributed by atoms with Crippen molar-refractivity contribution in [3.05, 3.63) is 0 Å². The van der Waals surface area contributed by atoms with Crippen LogP contribution in [-0.2, 0) is 14.8 Å². The van der Waals surface area contributed by atoms with Crippen LogP contribution in [0.15, 0.2) is 0 Å². The largest absolute Gasteiger partial charge is 0.369 e. The smallest absolute Gasteiger partial charge is 0.208 e. The Morgan fingerprint density at radius 1 is 1.50 bits per heavy atom. The van der Waals surface area contributed by atoms with Gasteiger partial charge in [-0.1, -0.05) is 0 Å². The van der Waals surface area contributed by atoms with Crippen molar-refractivity contribution in [3.63, 3.8) is 0 Å². The van der Waals surface area contributed by atoms with Crippen molar-refractivity contribution in [2.45, 2.75) is 37.4 Å². The van der Waals surface area contributed by atoms with Crippen LogP contribution < -0.4 is 10.0 Å². The standard InChI is InChI=1S/C10H20N2O3S/c1-16(13,14)12-7-9-3-2-4-10(15-9)5-6-11-8-10/h9,11-12H,2-8H2,1H3/t9-,10-/m0/s1. The first-order chi connectivity index (χ1) is 7.49. The summed E-state index contributed by atoms with van der Waals surface area (Å²) in [6.45, 7) is 2.31. The maximum Gasteiger partial charge on any atom is 0.208 e. The lowest BCUT2D eigenvalue weighted by molar-refractivity contribution is -0.113. The highest BCUT2D eigenvalue weighted by Crippen LogP contribution is 2.33. The van der Waals surface area contributed by atoms with E-state index in [2.05, 4.69) is 10.0 Å². The van der Waals surface area contributed by atoms with Gasteiger partial charge in [0, 0.05) is 13.1 Å². The van der Waals surface area contributed by atoms with E-state index in [9.17, 15) is 8.42 Å². The normalized spacial score (nSPS) is 35.7. The summed E-state index contributed by atoms with van der Waals surface area (Å²) in [7, 11) is -3.10. The van der Waals surface area contributed by atoms with E-state index in [1.54, 1.807) is 0 Å². The second kappa shape index (κ2) is 4.60. The molecular weight excluding hydrogens is 228 g/mol. The predicted molar refractivity (Wildman–Crippen MR) is 61.8 cm³/mol. The third-order valence-electron chi connectivity index (χ3n) is 3.35. The molecule has 2 aliphatic heterocycles. The van der Waals surface area contributed by atoms with Crippen molar-refractivity contribution in [1.82, 2.24) is 10.0 Å². The van der Waals surface area contributed by atoms with E-state index in [0.717, 1.165) is 38.8 Å². The van der Waals surface area contributed by atoms with Gasteiger partial charge in [0.25, 0.3) is 0 Å². The fraction of sp³-hybridized carbons (Fsp3) is 1.00. The molecule has 16 heavy (non-hydrogen) atoms. The quantitative estimate of drug-likeness (QED) is 0.728. The van der Waals surface area contributed by atoms with E-state index < -0.39 is 10.0 Å². The molecule has 2 N–H and O–H groups in total. The molecule has 0 bridgehead atoms. The summed E-state index contributed by atoms with van der Waals surface area (Å²) >= 11 is 0. The molecule has 2 rings (SSSR count). The summed E-state index contributed by atoms with van der Waals surface area (Å²) in [5.74, 6) is 0. The van der Waals surface area contributed by atoms with Crippen LogP contribution in [0.5, 0.6) is 0 Å². The monoisotopic (exact) mass is 248 g/mol. The van der Waals surface area contributed by atoms with Crippen LogP contribution in [0, 0.1) is 0 Å². The second-order valence-electron chi connectivity index (χ2n) is 4.86. The molecule has 5 nitrogen and oxygen atoms in total. The number of ether oxygens (including phenoxy) is 1. The van der Waals surface area contributed by atoms with Crippen LogP contribution in [-0.4, -0.2) is 46.0 Å². The Hall–Kier alpha value is -0.170. The third-order valence-corrected chi connectivity index (χ3v) is 4.04. The van der Waals surface area contributed by atoms with Gasteiger partial charge in [0.15, 0.2) is 0 Å². The highest BCUT2D eigenvalue weighted by molar-refractivity contribution is 7.88. The number of hydrogen-bond donors (Lipinski definition) is 2. The fourth-order valence-electron chi connectivity index (χ4n) is 2.55. The van der Waals surface area contributed by atoms with Crippen molar-refractivity contribution in [2.75, 3.05) is 25.9 Å². The van der Waals surface area contributed by atoms with Gasteiger partial charge in [-0.2, -0.15) is 0 Å². The van der Waals surface area contributed by atoms with Crippen molar-refractivity contribution < 1.29 is 13.2 Å². The topological polar surface area (TPSA) is 67.4 Å². The van der Waals surface area contributed by atoms with Gasteiger partial charge in [0.05, 0.1) is 18.0 Å². The van der Waals surface area contributed by atoms with E-state index in [-0.39, 0.29) is 11.7 Å². The van der Waals surface area contributed by atoms with E-state index in [4.69, 9.17) is 4.74 Å². The van der Waals surface area contributed by atoms with Crippen molar-refractivity contribution in [3.8, 4) is 0 Å². The Morgan fingerprint density at radius 2 is 2.31 bits per heavy atom. The van der Waals surface area contributed by atoms with Crippen molar-refractivity contribution in [2.24, 2.45) is 0 Å². The molecule has 2 heterocycles. The minimum absolute atomic E-state index is 0.0257. The molecule has 0 amide bonds. The number of nitrogens with one attached hydrogen (secondary N) is 2. The molecule has 0 aromatic rings. The van der Waals surface area contributed by atoms with Crippen LogP contribution in [0.1, 0.15) is 25.7 Å². The van der Waals surface area contributed by atoms with Gasteiger partial charge in [-0.3, -0.25) is 0 Å². The Balaban J connectivity index is 1.87. The zero-order chi connectivity index (χ0) is 11.6. The highest BCUT2D eigenvalue weighted by atomic mass is 32.2. The molecule has 1 spiro atoms. The Kier molecular flexibility index (Phi) is 3.53. The lowest BCUT2D eigenvalue weighted by atomic mass is 9.91. The van der Waals surface area contributed by atoms with Gasteiger partial charge < -0.3 is 10.1 Å². The van der Waals surface area contributed by atoms with E-state index >= 15 is 0 Å². The zero-order valence-corrected chi connectivity index (χ0v) is 10.5. The molecule has 2 aliphatic rings. The molecule has 2 saturated heterocycles. The summed E-state index contributed by atoms with van der Waals surface area (Å²) < 4.78 is 30.6. The molecule has 2 atom stereocenters. The lowest BCUT2D eigenvalue weighted by Crippen LogP contribution is -2.46. The maximum absolute atomic E-state index is 11.0. The van der Waals surface area contributed by atoms with Crippen LogP contribution in [0.25, 0.3) is 0 Å². The zero-order valence-electron chi connectivity index (χ0n) is 9.66. The Bertz CT molecular complexity index is 336. The van der Waals surface area contributed by atoms with Gasteiger partial charge in [-0.25, -0.2) is 13.1 Å². The second-order valence-corrected chi connectivity index (χ2v) is 6.70. The SMILES string of the molecule is CS(=O)(=O)NC[C@@H]1CCC[C@@]2(CCNC2)O1. The average molecular weight is 248 g/mol. The molecule has 0 unspecified atom stereocenters. The Morgan fingerprint density at radius 3 is 2.94 bits per heavy atom. The summed E-state index contributed by atoms with van der Waals surface area (Å²) in [6.07, 6.45) is 5.42. The minimum Gasteiger partial charge on any atom is -0.369 e. The molecule has 94 valence electrons. The van der Waals surface area contributed by atoms with Gasteiger partial charge in [0.1, 0.15) is 0 Å². The fourth-order valence-corrected chi connectivity index (χ4v) is 3.03. The molecule has 0 aromatic heterocycles. The number of hydrogen-bond acceptors (Lipinski definition) is 4. The van der Waals surface area contributed by atoms with E-state index in [0.29, 0.717) is 6.54 Å². The summed E-state index contributed by atoms with van der Waals surface area (Å²) in [6, 6.07) is 0. The third kappa shape index (κ3) is 3.16. The van der Waals surface area contributed by atoms with Crippen LogP contribution in [0.3, 0.4) is 0 Å². The first kappa shape index (κ1) is 12.3. The van der Waals surface area contributed by atoms with E-state index in [1.165, 1.54) is 6.26 Å². The number of rotatable bonds is 3. The van der Waals surface area contributed by atoms with E-state index in [1.807, 2.05) is 0 Å². The van der Waals surface area contributed by atoms with Crippen molar-refractivity contribution in [1.29, 1.82) is 0 Å². The van der Waals surface area contributed by atoms with Gasteiger partial charge in [-0.05, 0) is 32.2 Å². The molecular formula is C10H20N2O3S. The summed E-state index contributed by atoms with van der Waals surface area (Å²) in [4.78, 5) is 0. The maximum atomic E-state index is 11.0.